The maximum Gasteiger partial charge on any atom is 0.162 e. The van der Waals surface area contributed by atoms with Crippen LogP contribution in [0.2, 0.25) is 5.02 Å². The van der Waals surface area contributed by atoms with E-state index in [1.54, 1.807) is 6.20 Å². The highest BCUT2D eigenvalue weighted by Crippen LogP contribution is 2.54. The van der Waals surface area contributed by atoms with Crippen LogP contribution in [0.15, 0.2) is 97.5 Å². The minimum absolute atomic E-state index is 0.114. The molecule has 4 aromatic heterocycles. The van der Waals surface area contributed by atoms with E-state index in [0.29, 0.717) is 70.4 Å². The number of fused-ring (bicyclic) bond motifs is 2. The highest BCUT2D eigenvalue weighted by atomic mass is 35.5. The van der Waals surface area contributed by atoms with Crippen LogP contribution in [0.4, 0.5) is 5.82 Å². The van der Waals surface area contributed by atoms with Gasteiger partial charge in [-0.3, -0.25) is 9.88 Å². The van der Waals surface area contributed by atoms with Crippen molar-refractivity contribution < 1.29 is 18.4 Å². The largest absolute Gasteiger partial charge is 0.491 e. The van der Waals surface area contributed by atoms with Gasteiger partial charge in [0, 0.05) is 58.7 Å². The number of hydrogen-bond donors (Lipinski definition) is 3. The van der Waals surface area contributed by atoms with E-state index < -0.39 is 14.5 Å². The first kappa shape index (κ1) is 41.7. The lowest BCUT2D eigenvalue weighted by molar-refractivity contribution is 0.0985. The van der Waals surface area contributed by atoms with Gasteiger partial charge >= 0.3 is 0 Å². The van der Waals surface area contributed by atoms with Crippen LogP contribution in [-0.2, 0) is 23.9 Å². The van der Waals surface area contributed by atoms with Gasteiger partial charge in [0.25, 0.3) is 0 Å². The van der Waals surface area contributed by atoms with Gasteiger partial charge in [-0.2, -0.15) is 5.10 Å². The molecule has 2 aliphatic rings. The Labute approximate surface area is 367 Å². The molecule has 2 atom stereocenters. The third kappa shape index (κ3) is 8.34. The first-order valence-corrected chi connectivity index (χ1v) is 23.4. The second-order valence-electron chi connectivity index (χ2n) is 16.2. The topological polar surface area (TPSA) is 155 Å². The molecule has 1 aliphatic heterocycles. The van der Waals surface area contributed by atoms with E-state index in [1.807, 2.05) is 54.9 Å². The van der Waals surface area contributed by atoms with Crippen molar-refractivity contribution in [1.29, 1.82) is 4.78 Å². The zero-order valence-electron chi connectivity index (χ0n) is 35.2. The predicted octanol–water partition coefficient (Wildman–Crippen LogP) is 9.97. The maximum atomic E-state index is 14.4. The lowest BCUT2D eigenvalue weighted by Crippen LogP contribution is -2.44. The summed E-state index contributed by atoms with van der Waals surface area (Å²) in [5.41, 5.74) is 10.1. The molecule has 320 valence electrons. The summed E-state index contributed by atoms with van der Waals surface area (Å²) < 4.78 is 40.6. The molecule has 5 heterocycles. The number of rotatable bonds is 16. The van der Waals surface area contributed by atoms with E-state index >= 15 is 0 Å². The van der Waals surface area contributed by atoms with Gasteiger partial charge in [-0.1, -0.05) is 42.8 Å². The molecule has 0 spiro atoms. The predicted molar refractivity (Wildman–Crippen MR) is 247 cm³/mol. The Balaban J connectivity index is 0.845. The number of pyridine rings is 1. The average Bonchev–Trinajstić information content (AvgIpc) is 3.74. The Hall–Kier alpha value is -5.60. The van der Waals surface area contributed by atoms with Crippen LogP contribution in [0, 0.1) is 11.7 Å². The maximum absolute atomic E-state index is 14.4. The van der Waals surface area contributed by atoms with Crippen molar-refractivity contribution in [3.63, 3.8) is 0 Å². The molecule has 7 aromatic rings. The van der Waals surface area contributed by atoms with Gasteiger partial charge in [0.15, 0.2) is 5.82 Å². The number of benzene rings is 3. The van der Waals surface area contributed by atoms with Crippen molar-refractivity contribution in [3.05, 3.63) is 130 Å². The van der Waals surface area contributed by atoms with Crippen LogP contribution < -0.4 is 9.64 Å². The zero-order chi connectivity index (χ0) is 42.8. The summed E-state index contributed by atoms with van der Waals surface area (Å²) in [4.78, 5) is 20.0. The highest BCUT2D eigenvalue weighted by Gasteiger charge is 2.54. The van der Waals surface area contributed by atoms with Crippen molar-refractivity contribution in [3.8, 4) is 17.1 Å². The first-order chi connectivity index (χ1) is 30.1. The molecule has 1 saturated heterocycles. The molecule has 0 amide bonds. The second-order valence-corrected chi connectivity index (χ2v) is 19.2. The minimum Gasteiger partial charge on any atom is -0.491 e. The smallest absolute Gasteiger partial charge is 0.162 e. The van der Waals surface area contributed by atoms with Crippen molar-refractivity contribution in [2.24, 2.45) is 0 Å². The van der Waals surface area contributed by atoms with Crippen LogP contribution in [0.5, 0.6) is 5.75 Å². The fourth-order valence-electron chi connectivity index (χ4n) is 8.71. The number of aromatic amines is 2. The fraction of sp³-hybridized carbons (Fsp3) is 0.333. The SMILES string of the molecule is CC/C(=C(/c1ccc(OCCOCCCS(=N)(=O)C2(c3cc(N4CCOC[C@H]4C)nc(-c4ccnc5[nH]ccc45)n3)CC2)cc1)c1ccc2[nH]ncc2c1)c1ccc(Cl)cc1C. The van der Waals surface area contributed by atoms with Crippen LogP contribution in [0.3, 0.4) is 0 Å². The average molecular weight is 872 g/mol. The Morgan fingerprint density at radius 1 is 1.02 bits per heavy atom. The second kappa shape index (κ2) is 17.6. The number of morpholine rings is 1. The van der Waals surface area contributed by atoms with Gasteiger partial charge < -0.3 is 24.1 Å². The fourth-order valence-corrected chi connectivity index (χ4v) is 11.1. The minimum atomic E-state index is -3.08. The molecule has 1 unspecified atom stereocenters. The number of ether oxygens (including phenoxy) is 3. The quantitative estimate of drug-likeness (QED) is 0.0636. The van der Waals surface area contributed by atoms with Crippen LogP contribution in [0.1, 0.15) is 67.5 Å². The summed E-state index contributed by atoms with van der Waals surface area (Å²) in [5.74, 6) is 2.27. The van der Waals surface area contributed by atoms with Crippen LogP contribution in [-0.4, -0.2) is 85.7 Å². The number of aromatic nitrogens is 6. The molecular weight excluding hydrogens is 820 g/mol. The first-order valence-electron chi connectivity index (χ1n) is 21.3. The van der Waals surface area contributed by atoms with E-state index in [0.717, 1.165) is 72.8 Å². The van der Waals surface area contributed by atoms with E-state index in [4.69, 9.17) is 35.8 Å². The van der Waals surface area contributed by atoms with Gasteiger partial charge in [0.05, 0.1) is 57.7 Å². The Bertz CT molecular complexity index is 2870. The number of H-pyrrole nitrogens is 2. The molecule has 1 saturated carbocycles. The van der Waals surface area contributed by atoms with Gasteiger partial charge in [0.2, 0.25) is 0 Å². The van der Waals surface area contributed by atoms with Crippen molar-refractivity contribution in [2.45, 2.75) is 57.2 Å². The molecule has 9 rings (SSSR count). The Morgan fingerprint density at radius 2 is 1.85 bits per heavy atom. The molecule has 3 aromatic carbocycles. The van der Waals surface area contributed by atoms with Gasteiger partial charge in [-0.05, 0) is 121 Å². The molecule has 0 bridgehead atoms. The molecular formula is C48H51ClN8O4S. The Kier molecular flexibility index (Phi) is 11.9. The molecule has 14 heteroatoms. The summed E-state index contributed by atoms with van der Waals surface area (Å²) in [5, 5.41) is 9.99. The van der Waals surface area contributed by atoms with Gasteiger partial charge in [-0.15, -0.1) is 0 Å². The number of nitrogens with one attached hydrogen (secondary N) is 3. The molecule has 62 heavy (non-hydrogen) atoms. The summed E-state index contributed by atoms with van der Waals surface area (Å²) in [6.45, 7) is 9.39. The van der Waals surface area contributed by atoms with Crippen LogP contribution in [0.25, 0.3) is 44.5 Å². The number of allylic oxidation sites excluding steroid dienone is 1. The number of aryl methyl sites for hydroxylation is 1. The zero-order valence-corrected chi connectivity index (χ0v) is 36.8. The molecule has 2 fully saturated rings. The summed E-state index contributed by atoms with van der Waals surface area (Å²) in [6.07, 6.45) is 8.06. The summed E-state index contributed by atoms with van der Waals surface area (Å²) in [6, 6.07) is 26.6. The van der Waals surface area contributed by atoms with E-state index in [9.17, 15) is 8.99 Å². The van der Waals surface area contributed by atoms with Crippen molar-refractivity contribution >= 4 is 60.2 Å². The number of anilines is 1. The van der Waals surface area contributed by atoms with E-state index in [2.05, 4.69) is 82.2 Å². The normalized spacial score (nSPS) is 17.5. The lowest BCUT2D eigenvalue weighted by Gasteiger charge is -2.35. The standard InChI is InChI=1S/C48H51ClN8O4S/c1-4-38(39-12-9-36(49)26-31(39)2)45(34-8-13-42-35(27-34)29-53-56-42)33-6-10-37(11-7-33)61-24-23-59-21-5-25-62(50,58)48(16-17-48)43-28-44(57-20-22-60-30-32(57)3)55-47(54-43)41-15-19-52-46-40(41)14-18-51-46/h6-15,18-19,26-29,32,50H,4-5,16-17,20-25,30H2,1-3H3,(H,51,52)(H,53,56)/b45-38+/t32-,62?/m1/s1. The van der Waals surface area contributed by atoms with Gasteiger partial charge in [0.1, 0.15) is 23.8 Å². The molecule has 12 nitrogen and oxygen atoms in total. The third-order valence-electron chi connectivity index (χ3n) is 12.1. The third-order valence-corrected chi connectivity index (χ3v) is 15.1. The summed E-state index contributed by atoms with van der Waals surface area (Å²) >= 11 is 6.36. The Morgan fingerprint density at radius 3 is 2.65 bits per heavy atom. The van der Waals surface area contributed by atoms with Crippen molar-refractivity contribution in [1.82, 2.24) is 30.1 Å². The number of nitrogens with zero attached hydrogens (tertiary/aromatic N) is 5. The number of halogens is 1. The van der Waals surface area contributed by atoms with Crippen molar-refractivity contribution in [2.75, 3.05) is 50.2 Å². The number of hydrogen-bond acceptors (Lipinski definition) is 10. The highest BCUT2D eigenvalue weighted by molar-refractivity contribution is 7.93. The lowest BCUT2D eigenvalue weighted by atomic mass is 9.86. The van der Waals surface area contributed by atoms with Gasteiger partial charge in [-0.25, -0.2) is 19.2 Å². The molecule has 3 N–H and O–H groups in total. The molecule has 0 radical (unpaired) electrons. The molecule has 1 aliphatic carbocycles. The van der Waals surface area contributed by atoms with E-state index in [1.165, 1.54) is 11.1 Å². The monoisotopic (exact) mass is 870 g/mol. The van der Waals surface area contributed by atoms with E-state index in [-0.39, 0.29) is 11.8 Å². The van der Waals surface area contributed by atoms with Crippen LogP contribution >= 0.6 is 11.6 Å². The summed E-state index contributed by atoms with van der Waals surface area (Å²) in [7, 11) is -3.08.